The summed E-state index contributed by atoms with van der Waals surface area (Å²) in [7, 11) is 1.49. The van der Waals surface area contributed by atoms with Gasteiger partial charge in [0.2, 0.25) is 0 Å². The normalized spacial score (nSPS) is 19.6. The highest BCUT2D eigenvalue weighted by molar-refractivity contribution is 7.14. The van der Waals surface area contributed by atoms with Crippen LogP contribution in [0.5, 0.6) is 0 Å². The fourth-order valence-electron chi connectivity index (χ4n) is 3.57. The van der Waals surface area contributed by atoms with Gasteiger partial charge in [0.25, 0.3) is 17.7 Å². The van der Waals surface area contributed by atoms with E-state index in [1.54, 1.807) is 0 Å². The zero-order valence-electron chi connectivity index (χ0n) is 16.6. The summed E-state index contributed by atoms with van der Waals surface area (Å²) in [5.41, 5.74) is 6.10. The lowest BCUT2D eigenvalue weighted by Crippen LogP contribution is -2.47. The Morgan fingerprint density at radius 2 is 1.96 bits per heavy atom. The van der Waals surface area contributed by atoms with Gasteiger partial charge in [-0.25, -0.2) is 4.79 Å². The van der Waals surface area contributed by atoms with Gasteiger partial charge in [0.1, 0.15) is 13.1 Å². The maximum Gasteiger partial charge on any atom is 0.327 e. The molecule has 2 aliphatic rings. The number of hydrogen-bond acceptors (Lipinski definition) is 5. The van der Waals surface area contributed by atoms with Crippen LogP contribution in [0.4, 0.5) is 4.79 Å². The summed E-state index contributed by atoms with van der Waals surface area (Å²) in [5.74, 6) is -0.872. The molecule has 9 heteroatoms. The first kappa shape index (κ1) is 20.3. The van der Waals surface area contributed by atoms with Gasteiger partial charge in [-0.15, -0.1) is 11.3 Å². The molecule has 1 aliphatic heterocycles. The van der Waals surface area contributed by atoms with Crippen molar-refractivity contribution in [1.29, 1.82) is 0 Å². The van der Waals surface area contributed by atoms with Crippen molar-refractivity contribution >= 4 is 35.1 Å². The molecule has 0 spiro atoms. The van der Waals surface area contributed by atoms with E-state index in [1.807, 2.05) is 6.07 Å². The summed E-state index contributed by atoms with van der Waals surface area (Å²) in [6.07, 6.45) is 3.04. The van der Waals surface area contributed by atoms with Crippen molar-refractivity contribution < 1.29 is 19.2 Å². The van der Waals surface area contributed by atoms with Gasteiger partial charge in [-0.05, 0) is 42.2 Å². The number of thiophene rings is 1. The number of urea groups is 1. The number of carbonyl (C=O) groups is 4. The van der Waals surface area contributed by atoms with Crippen molar-refractivity contribution in [3.8, 4) is 0 Å². The predicted octanol–water partition coefficient (Wildman–Crippen LogP) is 1.55. The number of carbonyl (C=O) groups excluding carboxylic acids is 4. The monoisotopic (exact) mass is 406 g/mol. The maximum absolute atomic E-state index is 12.4. The highest BCUT2D eigenvalue weighted by Gasteiger charge is 2.35. The molecule has 0 aromatic carbocycles. The lowest BCUT2D eigenvalue weighted by atomic mass is 9.72. The van der Waals surface area contributed by atoms with Gasteiger partial charge in [0, 0.05) is 11.9 Å². The Labute approximate surface area is 168 Å². The second-order valence-electron chi connectivity index (χ2n) is 8.49. The lowest BCUT2D eigenvalue weighted by Gasteiger charge is -2.33. The van der Waals surface area contributed by atoms with E-state index in [2.05, 4.69) is 31.6 Å². The molecule has 28 heavy (non-hydrogen) atoms. The van der Waals surface area contributed by atoms with E-state index in [1.165, 1.54) is 33.7 Å². The molecule has 0 bridgehead atoms. The molecule has 152 valence electrons. The van der Waals surface area contributed by atoms with E-state index in [0.717, 1.165) is 24.2 Å². The van der Waals surface area contributed by atoms with Gasteiger partial charge in [-0.2, -0.15) is 0 Å². The fraction of sp³-hybridized carbons (Fsp3) is 0.579. The van der Waals surface area contributed by atoms with Crippen LogP contribution in [0.25, 0.3) is 0 Å². The minimum atomic E-state index is -0.625. The van der Waals surface area contributed by atoms with Gasteiger partial charge < -0.3 is 4.90 Å². The zero-order valence-corrected chi connectivity index (χ0v) is 17.4. The summed E-state index contributed by atoms with van der Waals surface area (Å²) in [4.78, 5) is 51.7. The van der Waals surface area contributed by atoms with Gasteiger partial charge in [-0.1, -0.05) is 20.8 Å². The average Bonchev–Trinajstić information content (AvgIpc) is 3.15. The van der Waals surface area contributed by atoms with Gasteiger partial charge in [0.05, 0.1) is 4.88 Å². The first-order valence-corrected chi connectivity index (χ1v) is 10.1. The average molecular weight is 407 g/mol. The third-order valence-electron chi connectivity index (χ3n) is 5.38. The standard InChI is InChI=1S/C19H26N4O4S/c1-19(2,3)12-5-6-13-11(7-12)8-14(28-13)17(26)21-20-15(24)9-23-16(25)10-22(4)18(23)27/h8,12H,5-7,9-10H2,1-4H3,(H,20,24)(H,21,26)/t12-/m1/s1. The lowest BCUT2D eigenvalue weighted by molar-refractivity contribution is -0.131. The molecule has 1 saturated heterocycles. The number of likely N-dealkylation sites (N-methyl/N-ethyl adjacent to an activating group) is 1. The van der Waals surface area contributed by atoms with Crippen LogP contribution in [0.3, 0.4) is 0 Å². The van der Waals surface area contributed by atoms with E-state index in [0.29, 0.717) is 10.8 Å². The third-order valence-corrected chi connectivity index (χ3v) is 6.62. The summed E-state index contributed by atoms with van der Waals surface area (Å²) >= 11 is 1.45. The molecule has 2 N–H and O–H groups in total. The van der Waals surface area contributed by atoms with Crippen molar-refractivity contribution in [2.45, 2.75) is 40.0 Å². The highest BCUT2D eigenvalue weighted by Crippen LogP contribution is 2.40. The van der Waals surface area contributed by atoms with Crippen LogP contribution in [0.2, 0.25) is 0 Å². The molecule has 3 rings (SSSR count). The predicted molar refractivity (Wildman–Crippen MR) is 105 cm³/mol. The van der Waals surface area contributed by atoms with E-state index in [9.17, 15) is 19.2 Å². The molecule has 1 aliphatic carbocycles. The summed E-state index contributed by atoms with van der Waals surface area (Å²) < 4.78 is 0. The van der Waals surface area contributed by atoms with Crippen molar-refractivity contribution in [1.82, 2.24) is 20.7 Å². The Kier molecular flexibility index (Phi) is 5.47. The Morgan fingerprint density at radius 3 is 2.57 bits per heavy atom. The maximum atomic E-state index is 12.4. The van der Waals surface area contributed by atoms with Crippen LogP contribution < -0.4 is 10.9 Å². The molecule has 1 aromatic rings. The summed E-state index contributed by atoms with van der Waals surface area (Å²) in [6.45, 7) is 6.26. The molecule has 8 nitrogen and oxygen atoms in total. The van der Waals surface area contributed by atoms with E-state index in [4.69, 9.17) is 0 Å². The number of aryl methyl sites for hydroxylation is 1. The molecule has 1 aromatic heterocycles. The number of nitrogens with one attached hydrogen (secondary N) is 2. The first-order chi connectivity index (χ1) is 13.1. The smallest absolute Gasteiger partial charge is 0.318 e. The van der Waals surface area contributed by atoms with E-state index >= 15 is 0 Å². The molecular formula is C19H26N4O4S. The number of hydrogen-bond donors (Lipinski definition) is 2. The van der Waals surface area contributed by atoms with Crippen molar-refractivity contribution in [2.24, 2.45) is 11.3 Å². The zero-order chi connectivity index (χ0) is 20.6. The molecule has 5 amide bonds. The topological polar surface area (TPSA) is 98.8 Å². The first-order valence-electron chi connectivity index (χ1n) is 9.32. The molecular weight excluding hydrogens is 380 g/mol. The van der Waals surface area contributed by atoms with Crippen LogP contribution in [-0.4, -0.2) is 53.7 Å². The summed E-state index contributed by atoms with van der Waals surface area (Å²) in [5, 5.41) is 0. The Bertz CT molecular complexity index is 826. The number of rotatable bonds is 3. The molecule has 1 fully saturated rings. The third kappa shape index (κ3) is 4.19. The van der Waals surface area contributed by atoms with Crippen LogP contribution in [0.1, 0.15) is 47.3 Å². The highest BCUT2D eigenvalue weighted by atomic mass is 32.1. The van der Waals surface area contributed by atoms with Gasteiger partial charge in [0.15, 0.2) is 0 Å². The molecule has 2 heterocycles. The Balaban J connectivity index is 1.55. The van der Waals surface area contributed by atoms with Gasteiger partial charge in [-0.3, -0.25) is 30.1 Å². The number of fused-ring (bicyclic) bond motifs is 1. The number of nitrogens with zero attached hydrogens (tertiary/aromatic N) is 2. The molecule has 1 atom stereocenters. The number of hydrazine groups is 1. The number of imide groups is 1. The van der Waals surface area contributed by atoms with Crippen molar-refractivity contribution in [3.05, 3.63) is 21.4 Å². The van der Waals surface area contributed by atoms with Crippen molar-refractivity contribution in [2.75, 3.05) is 20.1 Å². The van der Waals surface area contributed by atoms with Crippen LogP contribution in [-0.2, 0) is 22.4 Å². The van der Waals surface area contributed by atoms with Crippen molar-refractivity contribution in [3.63, 3.8) is 0 Å². The Hall–Kier alpha value is -2.42. The summed E-state index contributed by atoms with van der Waals surface area (Å²) in [6, 6.07) is 1.38. The SMILES string of the molecule is CN1CC(=O)N(CC(=O)NNC(=O)c2cc3c(s2)CC[C@@H](C(C)(C)C)C3)C1=O. The second kappa shape index (κ2) is 7.54. The molecule has 0 saturated carbocycles. The molecule has 0 unspecified atom stereocenters. The van der Waals surface area contributed by atoms with Crippen LogP contribution in [0.15, 0.2) is 6.07 Å². The minimum Gasteiger partial charge on any atom is -0.318 e. The van der Waals surface area contributed by atoms with Crippen LogP contribution in [0, 0.1) is 11.3 Å². The minimum absolute atomic E-state index is 0.0468. The quantitative estimate of drug-likeness (QED) is 0.588. The number of amides is 5. The van der Waals surface area contributed by atoms with Crippen LogP contribution >= 0.6 is 11.3 Å². The Morgan fingerprint density at radius 1 is 1.25 bits per heavy atom. The fourth-order valence-corrected chi connectivity index (χ4v) is 4.67. The largest absolute Gasteiger partial charge is 0.327 e. The molecule has 0 radical (unpaired) electrons. The second-order valence-corrected chi connectivity index (χ2v) is 9.62. The van der Waals surface area contributed by atoms with E-state index < -0.39 is 30.3 Å². The van der Waals surface area contributed by atoms with E-state index in [-0.39, 0.29) is 12.0 Å². The van der Waals surface area contributed by atoms with Gasteiger partial charge >= 0.3 is 6.03 Å².